The largest absolute Gasteiger partial charge is 0.381 e. The first-order valence-electron chi connectivity index (χ1n) is 6.60. The van der Waals surface area contributed by atoms with Crippen LogP contribution in [0.5, 0.6) is 0 Å². The number of aromatic nitrogens is 2. The van der Waals surface area contributed by atoms with E-state index < -0.39 is 0 Å². The number of rotatable bonds is 6. The van der Waals surface area contributed by atoms with Crippen LogP contribution < -0.4 is 5.56 Å². The third kappa shape index (κ3) is 4.82. The third-order valence-electron chi connectivity index (χ3n) is 3.23. The van der Waals surface area contributed by atoms with Crippen molar-refractivity contribution in [3.8, 4) is 0 Å². The van der Waals surface area contributed by atoms with Crippen molar-refractivity contribution in [2.75, 3.05) is 19.0 Å². The van der Waals surface area contributed by atoms with Crippen LogP contribution in [-0.2, 0) is 4.74 Å². The molecular weight excluding hydrogens is 248 g/mol. The molecule has 1 aliphatic rings. The lowest BCUT2D eigenvalue weighted by Crippen LogP contribution is -2.15. The van der Waals surface area contributed by atoms with Gasteiger partial charge in [0.15, 0.2) is 5.16 Å². The number of ether oxygens (including phenoxy) is 1. The van der Waals surface area contributed by atoms with E-state index in [2.05, 4.69) is 9.97 Å². The Balaban J connectivity index is 1.57. The van der Waals surface area contributed by atoms with E-state index in [0.717, 1.165) is 30.0 Å². The fourth-order valence-electron chi connectivity index (χ4n) is 2.16. The highest BCUT2D eigenvalue weighted by atomic mass is 32.2. The van der Waals surface area contributed by atoms with Crippen LogP contribution in [-0.4, -0.2) is 28.9 Å². The molecular formula is C13H20N2O2S. The van der Waals surface area contributed by atoms with Crippen molar-refractivity contribution in [1.29, 1.82) is 0 Å². The third-order valence-corrected chi connectivity index (χ3v) is 4.21. The molecule has 0 unspecified atom stereocenters. The zero-order chi connectivity index (χ0) is 12.6. The number of nitrogens with zero attached hydrogens (tertiary/aromatic N) is 1. The Bertz CT molecular complexity index is 402. The second kappa shape index (κ2) is 7.59. The fourth-order valence-corrected chi connectivity index (χ4v) is 3.01. The van der Waals surface area contributed by atoms with Crippen molar-refractivity contribution in [3.63, 3.8) is 0 Å². The molecule has 0 saturated carbocycles. The van der Waals surface area contributed by atoms with Crippen LogP contribution in [0.3, 0.4) is 0 Å². The quantitative estimate of drug-likeness (QED) is 0.489. The number of aromatic amines is 1. The van der Waals surface area contributed by atoms with Crippen LogP contribution in [0.25, 0.3) is 0 Å². The minimum Gasteiger partial charge on any atom is -0.381 e. The van der Waals surface area contributed by atoms with E-state index in [1.54, 1.807) is 18.0 Å². The van der Waals surface area contributed by atoms with Gasteiger partial charge >= 0.3 is 0 Å². The zero-order valence-corrected chi connectivity index (χ0v) is 11.4. The molecule has 1 aromatic rings. The topological polar surface area (TPSA) is 55.0 Å². The Morgan fingerprint density at radius 3 is 3.00 bits per heavy atom. The molecule has 0 bridgehead atoms. The van der Waals surface area contributed by atoms with Gasteiger partial charge in [0.2, 0.25) is 0 Å². The number of unbranched alkanes of at least 4 members (excludes halogenated alkanes) is 1. The molecule has 2 heterocycles. The molecule has 1 aliphatic heterocycles. The lowest BCUT2D eigenvalue weighted by Gasteiger charge is -2.21. The second-order valence-corrected chi connectivity index (χ2v) is 5.72. The summed E-state index contributed by atoms with van der Waals surface area (Å²) in [4.78, 5) is 17.9. The summed E-state index contributed by atoms with van der Waals surface area (Å²) in [5, 5.41) is 0.730. The summed E-state index contributed by atoms with van der Waals surface area (Å²) in [5.74, 6) is 1.88. The van der Waals surface area contributed by atoms with Gasteiger partial charge in [-0.3, -0.25) is 4.79 Å². The van der Waals surface area contributed by atoms with Gasteiger partial charge in [-0.05, 0) is 25.2 Å². The van der Waals surface area contributed by atoms with Gasteiger partial charge in [0.05, 0.1) is 0 Å². The van der Waals surface area contributed by atoms with Crippen molar-refractivity contribution >= 4 is 11.8 Å². The van der Waals surface area contributed by atoms with Gasteiger partial charge in [-0.15, -0.1) is 0 Å². The smallest absolute Gasteiger partial charge is 0.251 e. The monoisotopic (exact) mass is 268 g/mol. The Hall–Kier alpha value is -0.810. The molecule has 1 aromatic heterocycles. The highest BCUT2D eigenvalue weighted by Gasteiger charge is 2.12. The molecule has 5 heteroatoms. The Kier molecular flexibility index (Phi) is 5.74. The van der Waals surface area contributed by atoms with E-state index in [-0.39, 0.29) is 5.56 Å². The van der Waals surface area contributed by atoms with Crippen LogP contribution in [0.15, 0.2) is 22.2 Å². The molecule has 0 aliphatic carbocycles. The first kappa shape index (κ1) is 13.6. The Labute approximate surface area is 112 Å². The maximum absolute atomic E-state index is 11.1. The maximum atomic E-state index is 11.1. The minimum atomic E-state index is -0.0743. The van der Waals surface area contributed by atoms with E-state index in [4.69, 9.17) is 4.74 Å². The van der Waals surface area contributed by atoms with Gasteiger partial charge in [0.1, 0.15) is 0 Å². The molecule has 0 spiro atoms. The molecule has 4 nitrogen and oxygen atoms in total. The molecule has 1 fully saturated rings. The highest BCUT2D eigenvalue weighted by molar-refractivity contribution is 7.99. The molecule has 1 N–H and O–H groups in total. The van der Waals surface area contributed by atoms with Gasteiger partial charge in [0.25, 0.3) is 5.56 Å². The van der Waals surface area contributed by atoms with E-state index in [9.17, 15) is 4.79 Å². The molecule has 100 valence electrons. The Morgan fingerprint density at radius 1 is 1.39 bits per heavy atom. The number of H-pyrrole nitrogens is 1. The van der Waals surface area contributed by atoms with E-state index in [0.29, 0.717) is 0 Å². The van der Waals surface area contributed by atoms with Crippen molar-refractivity contribution in [2.24, 2.45) is 5.92 Å². The molecule has 0 aromatic carbocycles. The van der Waals surface area contributed by atoms with Crippen LogP contribution in [0, 0.1) is 5.92 Å². The number of nitrogens with one attached hydrogen (secondary N) is 1. The molecule has 0 radical (unpaired) electrons. The molecule has 2 rings (SSSR count). The minimum absolute atomic E-state index is 0.0743. The van der Waals surface area contributed by atoms with Crippen LogP contribution in [0.4, 0.5) is 0 Å². The number of hydrogen-bond acceptors (Lipinski definition) is 4. The summed E-state index contributed by atoms with van der Waals surface area (Å²) >= 11 is 1.63. The van der Waals surface area contributed by atoms with Crippen LogP contribution in [0.2, 0.25) is 0 Å². The second-order valence-electron chi connectivity index (χ2n) is 4.64. The van der Waals surface area contributed by atoms with Crippen molar-refractivity contribution < 1.29 is 4.74 Å². The SMILES string of the molecule is O=c1ccnc(SCCCCC2CCOCC2)[nH]1. The highest BCUT2D eigenvalue weighted by Crippen LogP contribution is 2.22. The average molecular weight is 268 g/mol. The van der Waals surface area contributed by atoms with E-state index in [1.807, 2.05) is 0 Å². The molecule has 18 heavy (non-hydrogen) atoms. The average Bonchev–Trinajstić information content (AvgIpc) is 2.40. The fraction of sp³-hybridized carbons (Fsp3) is 0.692. The molecule has 0 atom stereocenters. The van der Waals surface area contributed by atoms with E-state index in [1.165, 1.54) is 38.2 Å². The molecule has 0 amide bonds. The van der Waals surface area contributed by atoms with Gasteiger partial charge in [-0.1, -0.05) is 24.6 Å². The summed E-state index contributed by atoms with van der Waals surface area (Å²) in [5.41, 5.74) is -0.0743. The normalized spacial score (nSPS) is 16.9. The van der Waals surface area contributed by atoms with Gasteiger partial charge in [0, 0.05) is 31.2 Å². The zero-order valence-electron chi connectivity index (χ0n) is 10.6. The summed E-state index contributed by atoms with van der Waals surface area (Å²) in [6, 6.07) is 1.44. The Morgan fingerprint density at radius 2 is 2.22 bits per heavy atom. The summed E-state index contributed by atoms with van der Waals surface area (Å²) in [7, 11) is 0. The lowest BCUT2D eigenvalue weighted by molar-refractivity contribution is 0.0633. The van der Waals surface area contributed by atoms with Gasteiger partial charge in [-0.2, -0.15) is 0 Å². The van der Waals surface area contributed by atoms with Crippen molar-refractivity contribution in [1.82, 2.24) is 9.97 Å². The predicted molar refractivity (Wildman–Crippen MR) is 73.0 cm³/mol. The first-order valence-corrected chi connectivity index (χ1v) is 7.59. The van der Waals surface area contributed by atoms with Crippen molar-refractivity contribution in [3.05, 3.63) is 22.6 Å². The van der Waals surface area contributed by atoms with Crippen molar-refractivity contribution in [2.45, 2.75) is 37.3 Å². The van der Waals surface area contributed by atoms with Gasteiger partial charge in [-0.25, -0.2) is 4.98 Å². The summed E-state index contributed by atoms with van der Waals surface area (Å²) in [6.45, 7) is 1.88. The predicted octanol–water partition coefficient (Wildman–Crippen LogP) is 2.46. The summed E-state index contributed by atoms with van der Waals surface area (Å²) in [6.07, 6.45) is 7.75. The number of thioether (sulfide) groups is 1. The van der Waals surface area contributed by atoms with Crippen LogP contribution in [0.1, 0.15) is 32.1 Å². The number of hydrogen-bond donors (Lipinski definition) is 1. The molecule has 1 saturated heterocycles. The maximum Gasteiger partial charge on any atom is 0.251 e. The van der Waals surface area contributed by atoms with E-state index >= 15 is 0 Å². The lowest BCUT2D eigenvalue weighted by atomic mass is 9.94. The van der Waals surface area contributed by atoms with Crippen LogP contribution >= 0.6 is 11.8 Å². The van der Waals surface area contributed by atoms with Gasteiger partial charge < -0.3 is 9.72 Å². The first-order chi connectivity index (χ1) is 8.84. The standard InChI is InChI=1S/C13H20N2O2S/c16-12-4-7-14-13(15-12)18-10-2-1-3-11-5-8-17-9-6-11/h4,7,11H,1-3,5-6,8-10H2,(H,14,15,16). The summed E-state index contributed by atoms with van der Waals surface area (Å²) < 4.78 is 5.35.